The van der Waals surface area contributed by atoms with Crippen molar-refractivity contribution in [3.63, 3.8) is 0 Å². The topological polar surface area (TPSA) is 62.7 Å². The molecule has 0 atom stereocenters. The Hall–Kier alpha value is -3.25. The minimum atomic E-state index is -0.764. The molecule has 1 aliphatic rings. The maximum atomic E-state index is 13.0. The standard InChI is InChI=1S/C25H25FN2O3/c1-17-14-19(5-9-24(17)31-16-18-2-6-21(26)7-3-18)22-8-4-20-15-28(13-11-25(29)30)12-10-23(20)27-22/h2-9,14H,10-13,15-16H2,1H3,(H,29,30). The molecule has 0 saturated heterocycles. The third-order valence-electron chi connectivity index (χ3n) is 5.55. The van der Waals surface area contributed by atoms with Crippen molar-refractivity contribution < 1.29 is 19.0 Å². The summed E-state index contributed by atoms with van der Waals surface area (Å²) in [6.07, 6.45) is 0.982. The van der Waals surface area contributed by atoms with Crippen LogP contribution in [0.3, 0.4) is 0 Å². The zero-order valence-electron chi connectivity index (χ0n) is 17.5. The van der Waals surface area contributed by atoms with E-state index in [-0.39, 0.29) is 12.2 Å². The highest BCUT2D eigenvalue weighted by Gasteiger charge is 2.18. The molecule has 0 amide bonds. The minimum absolute atomic E-state index is 0.162. The van der Waals surface area contributed by atoms with E-state index in [2.05, 4.69) is 17.0 Å². The molecule has 0 radical (unpaired) electrons. The van der Waals surface area contributed by atoms with E-state index < -0.39 is 5.97 Å². The van der Waals surface area contributed by atoms with Crippen LogP contribution in [-0.4, -0.2) is 34.0 Å². The van der Waals surface area contributed by atoms with Gasteiger partial charge in [0.05, 0.1) is 12.1 Å². The number of hydrogen-bond donors (Lipinski definition) is 1. The monoisotopic (exact) mass is 420 g/mol. The first-order valence-electron chi connectivity index (χ1n) is 10.4. The van der Waals surface area contributed by atoms with Crippen LogP contribution < -0.4 is 4.74 Å². The Morgan fingerprint density at radius 2 is 1.97 bits per heavy atom. The molecule has 2 aromatic carbocycles. The summed E-state index contributed by atoms with van der Waals surface area (Å²) < 4.78 is 18.9. The molecular formula is C25H25FN2O3. The average molecular weight is 420 g/mol. The average Bonchev–Trinajstić information content (AvgIpc) is 2.77. The zero-order chi connectivity index (χ0) is 21.8. The van der Waals surface area contributed by atoms with Gasteiger partial charge >= 0.3 is 5.97 Å². The number of nitrogens with zero attached hydrogens (tertiary/aromatic N) is 2. The molecule has 160 valence electrons. The number of benzene rings is 2. The van der Waals surface area contributed by atoms with E-state index in [1.165, 1.54) is 12.1 Å². The fourth-order valence-corrected chi connectivity index (χ4v) is 3.79. The second-order valence-corrected chi connectivity index (χ2v) is 7.87. The fraction of sp³-hybridized carbons (Fsp3) is 0.280. The maximum absolute atomic E-state index is 13.0. The fourth-order valence-electron chi connectivity index (χ4n) is 3.79. The molecule has 0 saturated carbocycles. The highest BCUT2D eigenvalue weighted by Crippen LogP contribution is 2.28. The smallest absolute Gasteiger partial charge is 0.304 e. The molecule has 2 heterocycles. The van der Waals surface area contributed by atoms with Gasteiger partial charge in [-0.3, -0.25) is 14.7 Å². The number of aliphatic carboxylic acids is 1. The van der Waals surface area contributed by atoms with Crippen LogP contribution in [0.2, 0.25) is 0 Å². The second-order valence-electron chi connectivity index (χ2n) is 7.87. The molecule has 0 unspecified atom stereocenters. The van der Waals surface area contributed by atoms with Crippen molar-refractivity contribution in [2.75, 3.05) is 13.1 Å². The molecule has 6 heteroatoms. The number of aryl methyl sites for hydroxylation is 1. The summed E-state index contributed by atoms with van der Waals surface area (Å²) in [5.74, 6) is -0.227. The summed E-state index contributed by atoms with van der Waals surface area (Å²) >= 11 is 0. The van der Waals surface area contributed by atoms with Gasteiger partial charge in [0.15, 0.2) is 0 Å². The number of fused-ring (bicyclic) bond motifs is 1. The molecule has 0 spiro atoms. The lowest BCUT2D eigenvalue weighted by atomic mass is 10.0. The Balaban J connectivity index is 1.43. The van der Waals surface area contributed by atoms with Crippen molar-refractivity contribution in [3.05, 3.63) is 82.8 Å². The number of pyridine rings is 1. The number of carboxylic acids is 1. The molecule has 1 N–H and O–H groups in total. The van der Waals surface area contributed by atoms with E-state index in [9.17, 15) is 9.18 Å². The lowest BCUT2D eigenvalue weighted by Gasteiger charge is -2.27. The van der Waals surface area contributed by atoms with Crippen molar-refractivity contribution in [2.45, 2.75) is 32.9 Å². The number of halogens is 1. The summed E-state index contributed by atoms with van der Waals surface area (Å²) in [4.78, 5) is 17.8. The molecule has 1 aromatic heterocycles. The van der Waals surface area contributed by atoms with Gasteiger partial charge in [-0.15, -0.1) is 0 Å². The number of carbonyl (C=O) groups is 1. The van der Waals surface area contributed by atoms with Gasteiger partial charge in [0.1, 0.15) is 18.2 Å². The third-order valence-corrected chi connectivity index (χ3v) is 5.55. The predicted octanol–water partition coefficient (Wildman–Crippen LogP) is 4.61. The van der Waals surface area contributed by atoms with Crippen LogP contribution in [0.5, 0.6) is 5.75 Å². The molecular weight excluding hydrogens is 395 g/mol. The van der Waals surface area contributed by atoms with Crippen LogP contribution in [0.25, 0.3) is 11.3 Å². The zero-order valence-corrected chi connectivity index (χ0v) is 17.5. The first-order valence-corrected chi connectivity index (χ1v) is 10.4. The van der Waals surface area contributed by atoms with Crippen LogP contribution in [-0.2, 0) is 24.4 Å². The second kappa shape index (κ2) is 9.27. The summed E-state index contributed by atoms with van der Waals surface area (Å²) in [5, 5.41) is 8.88. The molecule has 5 nitrogen and oxygen atoms in total. The van der Waals surface area contributed by atoms with Crippen LogP contribution >= 0.6 is 0 Å². The molecule has 0 fully saturated rings. The Bertz CT molecular complexity index is 1080. The van der Waals surface area contributed by atoms with E-state index in [0.29, 0.717) is 13.2 Å². The van der Waals surface area contributed by atoms with E-state index in [0.717, 1.165) is 58.9 Å². The molecule has 0 bridgehead atoms. The first kappa shape index (κ1) is 21.0. The summed E-state index contributed by atoms with van der Waals surface area (Å²) in [6.45, 7) is 4.52. The first-order chi connectivity index (χ1) is 15.0. The van der Waals surface area contributed by atoms with Crippen LogP contribution in [0, 0.1) is 12.7 Å². The Labute approximate surface area is 181 Å². The van der Waals surface area contributed by atoms with Crippen molar-refractivity contribution in [1.82, 2.24) is 9.88 Å². The Morgan fingerprint density at radius 1 is 1.16 bits per heavy atom. The van der Waals surface area contributed by atoms with Gasteiger partial charge < -0.3 is 9.84 Å². The van der Waals surface area contributed by atoms with Crippen molar-refractivity contribution in [3.8, 4) is 17.0 Å². The van der Waals surface area contributed by atoms with Crippen molar-refractivity contribution >= 4 is 5.97 Å². The van der Waals surface area contributed by atoms with Gasteiger partial charge in [-0.1, -0.05) is 18.2 Å². The summed E-state index contributed by atoms with van der Waals surface area (Å²) in [6, 6.07) is 16.4. The highest BCUT2D eigenvalue weighted by atomic mass is 19.1. The van der Waals surface area contributed by atoms with E-state index in [4.69, 9.17) is 14.8 Å². The van der Waals surface area contributed by atoms with Gasteiger partial charge in [0.2, 0.25) is 0 Å². The molecule has 31 heavy (non-hydrogen) atoms. The van der Waals surface area contributed by atoms with Crippen LogP contribution in [0.1, 0.15) is 28.8 Å². The SMILES string of the molecule is Cc1cc(-c2ccc3c(n2)CCN(CCC(=O)O)C3)ccc1OCc1ccc(F)cc1. The van der Waals surface area contributed by atoms with Gasteiger partial charge in [-0.05, 0) is 60.0 Å². The van der Waals surface area contributed by atoms with E-state index in [1.807, 2.05) is 25.1 Å². The van der Waals surface area contributed by atoms with Crippen molar-refractivity contribution in [2.24, 2.45) is 0 Å². The number of ether oxygens (including phenoxy) is 1. The predicted molar refractivity (Wildman–Crippen MR) is 116 cm³/mol. The number of carboxylic acid groups (broad SMARTS) is 1. The third kappa shape index (κ3) is 5.27. The van der Waals surface area contributed by atoms with E-state index in [1.54, 1.807) is 12.1 Å². The van der Waals surface area contributed by atoms with Crippen molar-refractivity contribution in [1.29, 1.82) is 0 Å². The highest BCUT2D eigenvalue weighted by molar-refractivity contribution is 5.67. The summed E-state index contributed by atoms with van der Waals surface area (Å²) in [7, 11) is 0. The Kier molecular flexibility index (Phi) is 6.28. The van der Waals surface area contributed by atoms with Crippen LogP contribution in [0.4, 0.5) is 4.39 Å². The normalized spacial score (nSPS) is 13.6. The number of rotatable bonds is 7. The lowest BCUT2D eigenvalue weighted by Crippen LogP contribution is -2.32. The minimum Gasteiger partial charge on any atom is -0.489 e. The van der Waals surface area contributed by atoms with Gasteiger partial charge in [-0.25, -0.2) is 4.39 Å². The van der Waals surface area contributed by atoms with Crippen LogP contribution in [0.15, 0.2) is 54.6 Å². The molecule has 4 rings (SSSR count). The number of hydrogen-bond acceptors (Lipinski definition) is 4. The Morgan fingerprint density at radius 3 is 2.71 bits per heavy atom. The molecule has 1 aliphatic heterocycles. The van der Waals surface area contributed by atoms with Gasteiger partial charge in [0, 0.05) is 37.3 Å². The molecule has 0 aliphatic carbocycles. The number of aromatic nitrogens is 1. The quantitative estimate of drug-likeness (QED) is 0.605. The van der Waals surface area contributed by atoms with Gasteiger partial charge in [0.25, 0.3) is 0 Å². The molecule has 3 aromatic rings. The van der Waals surface area contributed by atoms with E-state index >= 15 is 0 Å². The lowest BCUT2D eigenvalue weighted by molar-refractivity contribution is -0.137. The van der Waals surface area contributed by atoms with Gasteiger partial charge in [-0.2, -0.15) is 0 Å². The largest absolute Gasteiger partial charge is 0.489 e. The maximum Gasteiger partial charge on any atom is 0.304 e. The summed E-state index contributed by atoms with van der Waals surface area (Å²) in [5.41, 5.74) is 6.13.